The van der Waals surface area contributed by atoms with Gasteiger partial charge in [-0.3, -0.25) is 9.69 Å². The first-order chi connectivity index (χ1) is 12.1. The van der Waals surface area contributed by atoms with E-state index in [4.69, 9.17) is 0 Å². The summed E-state index contributed by atoms with van der Waals surface area (Å²) in [6.45, 7) is 5.64. The molecule has 5 nitrogen and oxygen atoms in total. The number of para-hydroxylation sites is 2. The van der Waals surface area contributed by atoms with Crippen molar-refractivity contribution in [3.63, 3.8) is 0 Å². The lowest BCUT2D eigenvalue weighted by Crippen LogP contribution is -2.49. The van der Waals surface area contributed by atoms with Gasteiger partial charge in [0.2, 0.25) is 5.91 Å². The number of hydrogen-bond donors (Lipinski definition) is 2. The average Bonchev–Trinajstić information content (AvgIpc) is 2.63. The molecule has 0 spiro atoms. The minimum Gasteiger partial charge on any atom is -0.506 e. The molecule has 2 aromatic carbocycles. The highest BCUT2D eigenvalue weighted by molar-refractivity contribution is 5.78. The zero-order valence-corrected chi connectivity index (χ0v) is 14.6. The Bertz CT molecular complexity index is 697. The second-order valence-corrected chi connectivity index (χ2v) is 6.45. The minimum atomic E-state index is 0.0104. The van der Waals surface area contributed by atoms with Crippen LogP contribution in [-0.4, -0.2) is 48.6 Å². The van der Waals surface area contributed by atoms with Crippen molar-refractivity contribution < 1.29 is 9.90 Å². The molecular formula is C20H25N3O2. The molecule has 1 aliphatic heterocycles. The summed E-state index contributed by atoms with van der Waals surface area (Å²) in [6, 6.07) is 17.4. The lowest BCUT2D eigenvalue weighted by atomic mass is 10.1. The van der Waals surface area contributed by atoms with Gasteiger partial charge in [-0.2, -0.15) is 0 Å². The van der Waals surface area contributed by atoms with E-state index in [1.165, 1.54) is 0 Å². The molecule has 0 unspecified atom stereocenters. The molecule has 1 amide bonds. The predicted octanol–water partition coefficient (Wildman–Crippen LogP) is 2.39. The normalized spacial score (nSPS) is 16.4. The van der Waals surface area contributed by atoms with Crippen LogP contribution in [0.25, 0.3) is 0 Å². The summed E-state index contributed by atoms with van der Waals surface area (Å²) in [5, 5.41) is 13.0. The topological polar surface area (TPSA) is 55.8 Å². The van der Waals surface area contributed by atoms with E-state index < -0.39 is 0 Å². The Hall–Kier alpha value is -2.53. The number of rotatable bonds is 5. The number of amides is 1. The molecule has 5 heteroatoms. The van der Waals surface area contributed by atoms with E-state index in [0.29, 0.717) is 12.3 Å². The molecule has 1 saturated heterocycles. The van der Waals surface area contributed by atoms with Crippen molar-refractivity contribution in [3.05, 3.63) is 60.2 Å². The maximum Gasteiger partial charge on any atom is 0.234 e. The van der Waals surface area contributed by atoms with Gasteiger partial charge in [0.25, 0.3) is 0 Å². The van der Waals surface area contributed by atoms with E-state index in [2.05, 4.69) is 15.1 Å². The fraction of sp³-hybridized carbons (Fsp3) is 0.350. The summed E-state index contributed by atoms with van der Waals surface area (Å²) in [4.78, 5) is 16.6. The SMILES string of the molecule is C[C@@H](NC(=O)CN1CCN(c2ccccc2O)CC1)c1ccccc1. The van der Waals surface area contributed by atoms with Gasteiger partial charge in [0.15, 0.2) is 0 Å². The molecule has 0 radical (unpaired) electrons. The average molecular weight is 339 g/mol. The van der Waals surface area contributed by atoms with Gasteiger partial charge in [-0.25, -0.2) is 0 Å². The standard InChI is InChI=1S/C20H25N3O2/c1-16(17-7-3-2-4-8-17)21-20(25)15-22-11-13-23(14-12-22)18-9-5-6-10-19(18)24/h2-10,16,24H,11-15H2,1H3,(H,21,25)/t16-/m1/s1. The molecule has 1 fully saturated rings. The van der Waals surface area contributed by atoms with Crippen LogP contribution in [0, 0.1) is 0 Å². The Morgan fingerprint density at radius 1 is 1.04 bits per heavy atom. The van der Waals surface area contributed by atoms with Gasteiger partial charge in [-0.1, -0.05) is 42.5 Å². The molecule has 0 bridgehead atoms. The number of carbonyl (C=O) groups excluding carboxylic acids is 1. The molecule has 0 aliphatic carbocycles. The molecule has 25 heavy (non-hydrogen) atoms. The predicted molar refractivity (Wildman–Crippen MR) is 99.8 cm³/mol. The molecule has 2 aromatic rings. The van der Waals surface area contributed by atoms with Gasteiger partial charge in [-0.15, -0.1) is 0 Å². The first-order valence-corrected chi connectivity index (χ1v) is 8.73. The van der Waals surface area contributed by atoms with Crippen molar-refractivity contribution in [2.75, 3.05) is 37.6 Å². The number of carbonyl (C=O) groups is 1. The first kappa shape index (κ1) is 17.3. The van der Waals surface area contributed by atoms with E-state index in [-0.39, 0.29) is 11.9 Å². The fourth-order valence-electron chi connectivity index (χ4n) is 3.19. The second-order valence-electron chi connectivity index (χ2n) is 6.45. The number of benzene rings is 2. The Morgan fingerprint density at radius 3 is 2.36 bits per heavy atom. The van der Waals surface area contributed by atoms with Gasteiger partial charge >= 0.3 is 0 Å². The summed E-state index contributed by atoms with van der Waals surface area (Å²) < 4.78 is 0. The summed E-state index contributed by atoms with van der Waals surface area (Å²) in [6.07, 6.45) is 0. The van der Waals surface area contributed by atoms with E-state index >= 15 is 0 Å². The largest absolute Gasteiger partial charge is 0.506 e. The highest BCUT2D eigenvalue weighted by Gasteiger charge is 2.21. The number of aromatic hydroxyl groups is 1. The Kier molecular flexibility index (Phi) is 5.56. The van der Waals surface area contributed by atoms with Crippen molar-refractivity contribution >= 4 is 11.6 Å². The Balaban J connectivity index is 1.47. The van der Waals surface area contributed by atoms with Crippen LogP contribution in [-0.2, 0) is 4.79 Å². The molecule has 1 aliphatic rings. The van der Waals surface area contributed by atoms with Crippen LogP contribution in [0.15, 0.2) is 54.6 Å². The van der Waals surface area contributed by atoms with E-state index in [1.54, 1.807) is 6.07 Å². The Morgan fingerprint density at radius 2 is 1.68 bits per heavy atom. The zero-order chi connectivity index (χ0) is 17.6. The lowest BCUT2D eigenvalue weighted by Gasteiger charge is -2.36. The molecule has 3 rings (SSSR count). The van der Waals surface area contributed by atoms with Crippen molar-refractivity contribution in [1.82, 2.24) is 10.2 Å². The first-order valence-electron chi connectivity index (χ1n) is 8.73. The number of nitrogens with one attached hydrogen (secondary N) is 1. The summed E-state index contributed by atoms with van der Waals surface area (Å²) in [7, 11) is 0. The van der Waals surface area contributed by atoms with Crippen molar-refractivity contribution in [1.29, 1.82) is 0 Å². The number of phenols is 1. The van der Waals surface area contributed by atoms with Crippen LogP contribution in [0.3, 0.4) is 0 Å². The molecule has 0 saturated carbocycles. The minimum absolute atomic E-state index is 0.0104. The van der Waals surface area contributed by atoms with Crippen LogP contribution < -0.4 is 10.2 Å². The monoisotopic (exact) mass is 339 g/mol. The van der Waals surface area contributed by atoms with E-state index in [9.17, 15) is 9.90 Å². The summed E-state index contributed by atoms with van der Waals surface area (Å²) >= 11 is 0. The van der Waals surface area contributed by atoms with Crippen molar-refractivity contribution in [2.24, 2.45) is 0 Å². The van der Waals surface area contributed by atoms with Gasteiger partial charge in [0.05, 0.1) is 18.3 Å². The van der Waals surface area contributed by atoms with Crippen molar-refractivity contribution in [2.45, 2.75) is 13.0 Å². The van der Waals surface area contributed by atoms with Crippen LogP contribution in [0.2, 0.25) is 0 Å². The number of anilines is 1. The molecule has 2 N–H and O–H groups in total. The zero-order valence-electron chi connectivity index (χ0n) is 14.6. The van der Waals surface area contributed by atoms with Gasteiger partial charge < -0.3 is 15.3 Å². The number of nitrogens with zero attached hydrogens (tertiary/aromatic N) is 2. The van der Waals surface area contributed by atoms with Gasteiger partial charge in [0.1, 0.15) is 5.75 Å². The third kappa shape index (κ3) is 4.51. The van der Waals surface area contributed by atoms with E-state index in [1.807, 2.05) is 55.5 Å². The molecule has 1 atom stereocenters. The third-order valence-electron chi connectivity index (χ3n) is 4.64. The molecule has 132 valence electrons. The van der Waals surface area contributed by atoms with Gasteiger partial charge in [-0.05, 0) is 24.6 Å². The highest BCUT2D eigenvalue weighted by Crippen LogP contribution is 2.27. The number of piperazine rings is 1. The van der Waals surface area contributed by atoms with Crippen LogP contribution in [0.5, 0.6) is 5.75 Å². The molecular weight excluding hydrogens is 314 g/mol. The maximum atomic E-state index is 12.3. The number of hydrogen-bond acceptors (Lipinski definition) is 4. The molecule has 1 heterocycles. The smallest absolute Gasteiger partial charge is 0.234 e. The molecule has 0 aromatic heterocycles. The van der Waals surface area contributed by atoms with Crippen molar-refractivity contribution in [3.8, 4) is 5.75 Å². The second kappa shape index (κ2) is 8.03. The van der Waals surface area contributed by atoms with Crippen LogP contribution >= 0.6 is 0 Å². The highest BCUT2D eigenvalue weighted by atomic mass is 16.3. The third-order valence-corrected chi connectivity index (χ3v) is 4.64. The van der Waals surface area contributed by atoms with E-state index in [0.717, 1.165) is 37.4 Å². The lowest BCUT2D eigenvalue weighted by molar-refractivity contribution is -0.123. The fourth-order valence-corrected chi connectivity index (χ4v) is 3.19. The van der Waals surface area contributed by atoms with Gasteiger partial charge in [0, 0.05) is 26.2 Å². The summed E-state index contributed by atoms with van der Waals surface area (Å²) in [5.74, 6) is 0.359. The van der Waals surface area contributed by atoms with Crippen LogP contribution in [0.4, 0.5) is 5.69 Å². The maximum absolute atomic E-state index is 12.3. The van der Waals surface area contributed by atoms with Crippen LogP contribution in [0.1, 0.15) is 18.5 Å². The Labute approximate surface area is 148 Å². The summed E-state index contributed by atoms with van der Waals surface area (Å²) in [5.41, 5.74) is 1.98. The quantitative estimate of drug-likeness (QED) is 0.878. The number of phenolic OH excluding ortho intramolecular Hbond substituents is 1.